The van der Waals surface area contributed by atoms with Crippen LogP contribution in [0.15, 0.2) is 70.5 Å². The third kappa shape index (κ3) is 2.95. The van der Waals surface area contributed by atoms with Crippen molar-refractivity contribution in [3.8, 4) is 0 Å². The van der Waals surface area contributed by atoms with Gasteiger partial charge in [0.15, 0.2) is 0 Å². The van der Waals surface area contributed by atoms with Crippen molar-refractivity contribution in [3.63, 3.8) is 0 Å². The normalized spacial score (nSPS) is 11.0. The Kier molecular flexibility index (Phi) is 4.08. The van der Waals surface area contributed by atoms with E-state index in [1.165, 1.54) is 10.1 Å². The number of hydrogen-bond donors (Lipinski definition) is 1. The smallest absolute Gasteiger partial charge is 0.228 e. The van der Waals surface area contributed by atoms with Crippen LogP contribution >= 0.6 is 27.3 Å². The lowest BCUT2D eigenvalue weighted by atomic mass is 10.1. The molecule has 0 bridgehead atoms. The topological polar surface area (TPSA) is 29.1 Å². The Morgan fingerprint density at radius 3 is 2.71 bits per heavy atom. The van der Waals surface area contributed by atoms with Crippen LogP contribution in [0, 0.1) is 0 Å². The molecule has 0 radical (unpaired) electrons. The molecule has 0 atom stereocenters. The van der Waals surface area contributed by atoms with Gasteiger partial charge >= 0.3 is 0 Å². The van der Waals surface area contributed by atoms with Gasteiger partial charge in [-0.05, 0) is 46.0 Å². The summed E-state index contributed by atoms with van der Waals surface area (Å²) >= 11 is 5.25. The molecule has 2 nitrogen and oxygen atoms in total. The van der Waals surface area contributed by atoms with Crippen molar-refractivity contribution in [1.82, 2.24) is 0 Å². The lowest BCUT2D eigenvalue weighted by molar-refractivity contribution is -0.115. The summed E-state index contributed by atoms with van der Waals surface area (Å²) in [4.78, 5) is 12.4. The number of anilines is 1. The molecule has 118 valence electrons. The number of halogens is 1. The highest BCUT2D eigenvalue weighted by molar-refractivity contribution is 9.10. The Bertz CT molecular complexity index is 1050. The van der Waals surface area contributed by atoms with Crippen LogP contribution in [-0.4, -0.2) is 5.91 Å². The van der Waals surface area contributed by atoms with Crippen LogP contribution in [-0.2, 0) is 11.2 Å². The zero-order chi connectivity index (χ0) is 16.5. The molecular formula is C20H14BrNOS. The molecule has 0 spiro atoms. The predicted octanol–water partition coefficient (Wildman–Crippen LogP) is 6.00. The van der Waals surface area contributed by atoms with E-state index in [1.54, 1.807) is 11.3 Å². The lowest BCUT2D eigenvalue weighted by Gasteiger charge is -2.07. The van der Waals surface area contributed by atoms with E-state index < -0.39 is 0 Å². The molecule has 1 aromatic heterocycles. The maximum absolute atomic E-state index is 12.4. The highest BCUT2D eigenvalue weighted by Crippen LogP contribution is 2.32. The maximum atomic E-state index is 12.4. The molecule has 0 aliphatic rings. The molecule has 4 heteroatoms. The first-order valence-electron chi connectivity index (χ1n) is 7.64. The van der Waals surface area contributed by atoms with E-state index in [-0.39, 0.29) is 5.91 Å². The van der Waals surface area contributed by atoms with Gasteiger partial charge in [0.25, 0.3) is 0 Å². The lowest BCUT2D eigenvalue weighted by Crippen LogP contribution is -2.14. The Balaban J connectivity index is 1.57. The first kappa shape index (κ1) is 15.4. The minimum atomic E-state index is 0.000680. The SMILES string of the molecule is O=C(Cc1csc2cccc(Br)c12)Nc1ccc2ccccc2c1. The minimum Gasteiger partial charge on any atom is -0.326 e. The third-order valence-corrected chi connectivity index (χ3v) is 5.67. The van der Waals surface area contributed by atoms with Crippen molar-refractivity contribution in [2.24, 2.45) is 0 Å². The molecule has 0 aliphatic heterocycles. The van der Waals surface area contributed by atoms with Crippen LogP contribution in [0.4, 0.5) is 5.69 Å². The molecule has 0 saturated heterocycles. The van der Waals surface area contributed by atoms with E-state index in [4.69, 9.17) is 0 Å². The van der Waals surface area contributed by atoms with Crippen LogP contribution in [0.2, 0.25) is 0 Å². The summed E-state index contributed by atoms with van der Waals surface area (Å²) in [5.41, 5.74) is 1.89. The average molecular weight is 396 g/mol. The molecule has 4 aromatic rings. The Hall–Kier alpha value is -2.17. The second kappa shape index (κ2) is 6.38. The molecule has 1 amide bonds. The van der Waals surface area contributed by atoms with E-state index in [1.807, 2.05) is 42.5 Å². The largest absolute Gasteiger partial charge is 0.326 e. The molecule has 3 aromatic carbocycles. The number of amides is 1. The van der Waals surface area contributed by atoms with Gasteiger partial charge in [0.2, 0.25) is 5.91 Å². The fourth-order valence-corrected chi connectivity index (χ4v) is 4.62. The Morgan fingerprint density at radius 2 is 1.83 bits per heavy atom. The summed E-state index contributed by atoms with van der Waals surface area (Å²) < 4.78 is 2.23. The molecule has 1 N–H and O–H groups in total. The fourth-order valence-electron chi connectivity index (χ4n) is 2.88. The summed E-state index contributed by atoms with van der Waals surface area (Å²) in [7, 11) is 0. The Morgan fingerprint density at radius 1 is 1.00 bits per heavy atom. The zero-order valence-corrected chi connectivity index (χ0v) is 15.2. The van der Waals surface area contributed by atoms with Gasteiger partial charge in [-0.2, -0.15) is 0 Å². The average Bonchev–Trinajstić information content (AvgIpc) is 2.99. The highest BCUT2D eigenvalue weighted by atomic mass is 79.9. The highest BCUT2D eigenvalue weighted by Gasteiger charge is 2.11. The van der Waals surface area contributed by atoms with Crippen LogP contribution in [0.3, 0.4) is 0 Å². The minimum absolute atomic E-state index is 0.000680. The second-order valence-corrected chi connectivity index (χ2v) is 7.43. The first-order valence-corrected chi connectivity index (χ1v) is 9.31. The number of hydrogen-bond acceptors (Lipinski definition) is 2. The molecule has 0 fully saturated rings. The van der Waals surface area contributed by atoms with Crippen molar-refractivity contribution in [1.29, 1.82) is 0 Å². The summed E-state index contributed by atoms with van der Waals surface area (Å²) in [6.07, 6.45) is 0.370. The van der Waals surface area contributed by atoms with Gasteiger partial charge in [0, 0.05) is 20.2 Å². The molecule has 0 unspecified atom stereocenters. The molecule has 24 heavy (non-hydrogen) atoms. The number of fused-ring (bicyclic) bond motifs is 2. The summed E-state index contributed by atoms with van der Waals surface area (Å²) in [6.45, 7) is 0. The van der Waals surface area contributed by atoms with Crippen LogP contribution < -0.4 is 5.32 Å². The van der Waals surface area contributed by atoms with Gasteiger partial charge in [-0.25, -0.2) is 0 Å². The maximum Gasteiger partial charge on any atom is 0.228 e. The molecule has 0 saturated carbocycles. The summed E-state index contributed by atoms with van der Waals surface area (Å²) in [5, 5.41) is 8.50. The summed E-state index contributed by atoms with van der Waals surface area (Å²) in [6, 6.07) is 20.2. The fraction of sp³-hybridized carbons (Fsp3) is 0.0500. The van der Waals surface area contributed by atoms with Crippen molar-refractivity contribution in [3.05, 3.63) is 76.1 Å². The zero-order valence-electron chi connectivity index (χ0n) is 12.8. The van der Waals surface area contributed by atoms with Crippen LogP contribution in [0.1, 0.15) is 5.56 Å². The quantitative estimate of drug-likeness (QED) is 0.452. The van der Waals surface area contributed by atoms with E-state index >= 15 is 0 Å². The van der Waals surface area contributed by atoms with Crippen molar-refractivity contribution < 1.29 is 4.79 Å². The van der Waals surface area contributed by atoms with Gasteiger partial charge in [-0.3, -0.25) is 4.79 Å². The molecule has 0 aliphatic carbocycles. The molecule has 1 heterocycles. The third-order valence-electron chi connectivity index (χ3n) is 4.01. The van der Waals surface area contributed by atoms with E-state index in [0.29, 0.717) is 6.42 Å². The summed E-state index contributed by atoms with van der Waals surface area (Å²) in [5.74, 6) is 0.000680. The van der Waals surface area contributed by atoms with Crippen molar-refractivity contribution >= 4 is 59.7 Å². The Labute approximate surface area is 152 Å². The van der Waals surface area contributed by atoms with Gasteiger partial charge in [0.05, 0.1) is 6.42 Å². The second-order valence-electron chi connectivity index (χ2n) is 5.66. The molecular weight excluding hydrogens is 382 g/mol. The van der Waals surface area contributed by atoms with Gasteiger partial charge in [-0.15, -0.1) is 11.3 Å². The van der Waals surface area contributed by atoms with Gasteiger partial charge < -0.3 is 5.32 Å². The number of nitrogens with one attached hydrogen (secondary N) is 1. The van der Waals surface area contributed by atoms with Crippen LogP contribution in [0.25, 0.3) is 20.9 Å². The number of benzene rings is 3. The number of thiophene rings is 1. The first-order chi connectivity index (χ1) is 11.7. The van der Waals surface area contributed by atoms with Crippen molar-refractivity contribution in [2.45, 2.75) is 6.42 Å². The van der Waals surface area contributed by atoms with E-state index in [9.17, 15) is 4.79 Å². The monoisotopic (exact) mass is 395 g/mol. The predicted molar refractivity (Wildman–Crippen MR) is 106 cm³/mol. The number of rotatable bonds is 3. The van der Waals surface area contributed by atoms with E-state index in [0.717, 1.165) is 26.5 Å². The molecule has 4 rings (SSSR count). The van der Waals surface area contributed by atoms with Gasteiger partial charge in [-0.1, -0.05) is 52.3 Å². The van der Waals surface area contributed by atoms with E-state index in [2.05, 4.69) is 44.8 Å². The van der Waals surface area contributed by atoms with Gasteiger partial charge in [0.1, 0.15) is 0 Å². The number of carbonyl (C=O) groups is 1. The van der Waals surface area contributed by atoms with Crippen molar-refractivity contribution in [2.75, 3.05) is 5.32 Å². The number of carbonyl (C=O) groups excluding carboxylic acids is 1. The standard InChI is InChI=1S/C20H14BrNOS/c21-17-6-3-7-18-20(17)15(12-24-18)11-19(23)22-16-9-8-13-4-1-2-5-14(13)10-16/h1-10,12H,11H2,(H,22,23). The van der Waals surface area contributed by atoms with Crippen LogP contribution in [0.5, 0.6) is 0 Å².